The van der Waals surface area contributed by atoms with E-state index >= 15 is 0 Å². The number of piperidine rings is 1. The Morgan fingerprint density at radius 3 is 2.33 bits per heavy atom. The molecule has 5 heteroatoms. The van der Waals surface area contributed by atoms with Crippen molar-refractivity contribution in [1.29, 1.82) is 0 Å². The summed E-state index contributed by atoms with van der Waals surface area (Å²) in [6.45, 7) is 7.99. The summed E-state index contributed by atoms with van der Waals surface area (Å²) in [6.07, 6.45) is 4.65. The summed E-state index contributed by atoms with van der Waals surface area (Å²) in [6, 6.07) is 0.0589. The van der Waals surface area contributed by atoms with Crippen LogP contribution in [0.25, 0.3) is 0 Å². The van der Waals surface area contributed by atoms with Crippen LogP contribution in [0.2, 0.25) is 0 Å². The zero-order valence-corrected chi connectivity index (χ0v) is 12.7. The lowest BCUT2D eigenvalue weighted by molar-refractivity contribution is 0.465. The fourth-order valence-electron chi connectivity index (χ4n) is 2.37. The van der Waals surface area contributed by atoms with Gasteiger partial charge in [-0.1, -0.05) is 26.7 Å². The highest BCUT2D eigenvalue weighted by molar-refractivity contribution is 7.90. The normalized spacial score (nSPS) is 20.2. The topological polar surface area (TPSA) is 58.2 Å². The molecule has 1 unspecified atom stereocenters. The lowest BCUT2D eigenvalue weighted by atomic mass is 10.0. The van der Waals surface area contributed by atoms with Crippen LogP contribution in [0, 0.1) is 5.92 Å². The molecule has 1 heterocycles. The number of hydrogen-bond acceptors (Lipinski definition) is 3. The molecule has 1 atom stereocenters. The lowest BCUT2D eigenvalue weighted by Crippen LogP contribution is -2.44. The average Bonchev–Trinajstić information content (AvgIpc) is 2.29. The Morgan fingerprint density at radius 1 is 1.17 bits per heavy atom. The molecular formula is C13H28N2O2S. The van der Waals surface area contributed by atoms with Crippen molar-refractivity contribution in [3.05, 3.63) is 0 Å². The van der Waals surface area contributed by atoms with Crippen molar-refractivity contribution in [2.75, 3.05) is 13.1 Å². The van der Waals surface area contributed by atoms with Gasteiger partial charge >= 0.3 is 0 Å². The maximum Gasteiger partial charge on any atom is 0.214 e. The van der Waals surface area contributed by atoms with E-state index in [4.69, 9.17) is 0 Å². The molecule has 18 heavy (non-hydrogen) atoms. The molecular weight excluding hydrogens is 248 g/mol. The van der Waals surface area contributed by atoms with Crippen LogP contribution in [0.3, 0.4) is 0 Å². The first-order valence-electron chi connectivity index (χ1n) is 7.13. The molecule has 2 N–H and O–H groups in total. The fourth-order valence-corrected chi connectivity index (χ4v) is 4.10. The summed E-state index contributed by atoms with van der Waals surface area (Å²) in [5, 5.41) is 2.99. The number of rotatable bonds is 7. The molecule has 4 nitrogen and oxygen atoms in total. The van der Waals surface area contributed by atoms with Gasteiger partial charge in [0.2, 0.25) is 10.0 Å². The van der Waals surface area contributed by atoms with Gasteiger partial charge in [-0.2, -0.15) is 0 Å². The zero-order chi connectivity index (χ0) is 13.6. The van der Waals surface area contributed by atoms with Crippen molar-refractivity contribution in [1.82, 2.24) is 10.0 Å². The summed E-state index contributed by atoms with van der Waals surface area (Å²) in [4.78, 5) is 0. The van der Waals surface area contributed by atoms with Gasteiger partial charge in [-0.25, -0.2) is 13.1 Å². The van der Waals surface area contributed by atoms with E-state index in [0.717, 1.165) is 38.8 Å². The molecule has 1 fully saturated rings. The van der Waals surface area contributed by atoms with Crippen molar-refractivity contribution in [3.8, 4) is 0 Å². The van der Waals surface area contributed by atoms with Crippen LogP contribution in [-0.2, 0) is 10.0 Å². The van der Waals surface area contributed by atoms with Crippen molar-refractivity contribution in [3.63, 3.8) is 0 Å². The minimum Gasteiger partial charge on any atom is -0.317 e. The molecule has 0 aromatic heterocycles. The van der Waals surface area contributed by atoms with Gasteiger partial charge in [-0.05, 0) is 45.2 Å². The van der Waals surface area contributed by atoms with Gasteiger partial charge in [0, 0.05) is 6.04 Å². The Hall–Kier alpha value is -0.130. The summed E-state index contributed by atoms with van der Waals surface area (Å²) in [7, 11) is -3.12. The highest BCUT2D eigenvalue weighted by Crippen LogP contribution is 2.14. The molecule has 0 bridgehead atoms. The van der Waals surface area contributed by atoms with Crippen LogP contribution in [0.15, 0.2) is 0 Å². The third-order valence-electron chi connectivity index (χ3n) is 3.51. The molecule has 1 aliphatic rings. The number of hydrogen-bond donors (Lipinski definition) is 2. The molecule has 0 radical (unpaired) electrons. The molecule has 1 saturated heterocycles. The number of nitrogens with one attached hydrogen (secondary N) is 2. The third-order valence-corrected chi connectivity index (χ3v) is 5.59. The molecule has 0 aromatic carbocycles. The Labute approximate surface area is 112 Å². The first-order valence-corrected chi connectivity index (χ1v) is 8.68. The van der Waals surface area contributed by atoms with Gasteiger partial charge < -0.3 is 5.32 Å². The van der Waals surface area contributed by atoms with Crippen LogP contribution < -0.4 is 10.0 Å². The zero-order valence-electron chi connectivity index (χ0n) is 11.9. The second kappa shape index (κ2) is 7.46. The maximum absolute atomic E-state index is 12.2. The molecule has 0 aliphatic carbocycles. The van der Waals surface area contributed by atoms with Gasteiger partial charge in [0.15, 0.2) is 0 Å². The van der Waals surface area contributed by atoms with Crippen LogP contribution in [0.5, 0.6) is 0 Å². The van der Waals surface area contributed by atoms with E-state index in [9.17, 15) is 8.42 Å². The molecule has 0 spiro atoms. The first kappa shape index (κ1) is 15.9. The summed E-state index contributed by atoms with van der Waals surface area (Å²) in [5.41, 5.74) is 0. The molecule has 0 saturated carbocycles. The van der Waals surface area contributed by atoms with E-state index < -0.39 is 10.0 Å². The van der Waals surface area contributed by atoms with E-state index in [0.29, 0.717) is 5.92 Å². The standard InChI is InChI=1S/C13H28N2O2S/c1-11(2)5-4-6-12(3)15-18(16,17)13-7-9-14-10-8-13/h11-15H,4-10H2,1-3H3. The second-order valence-corrected chi connectivity index (χ2v) is 7.83. The lowest BCUT2D eigenvalue weighted by Gasteiger charge is -2.25. The van der Waals surface area contributed by atoms with Crippen LogP contribution in [0.1, 0.15) is 52.9 Å². The monoisotopic (exact) mass is 276 g/mol. The largest absolute Gasteiger partial charge is 0.317 e. The highest BCUT2D eigenvalue weighted by atomic mass is 32.2. The van der Waals surface area contributed by atoms with E-state index in [1.165, 1.54) is 6.42 Å². The molecule has 1 rings (SSSR count). The SMILES string of the molecule is CC(C)CCCC(C)NS(=O)(=O)C1CCNCC1. The van der Waals surface area contributed by atoms with E-state index in [1.54, 1.807) is 0 Å². The molecule has 0 amide bonds. The van der Waals surface area contributed by atoms with Crippen molar-refractivity contribution in [2.45, 2.75) is 64.2 Å². The summed E-state index contributed by atoms with van der Waals surface area (Å²) >= 11 is 0. The average molecular weight is 276 g/mol. The van der Waals surface area contributed by atoms with Gasteiger partial charge in [0.05, 0.1) is 5.25 Å². The molecule has 0 aromatic rings. The Balaban J connectivity index is 2.34. The van der Waals surface area contributed by atoms with Gasteiger partial charge in [0.1, 0.15) is 0 Å². The minimum absolute atomic E-state index is 0.0589. The van der Waals surface area contributed by atoms with Crippen LogP contribution >= 0.6 is 0 Å². The van der Waals surface area contributed by atoms with Gasteiger partial charge in [-0.15, -0.1) is 0 Å². The molecule has 1 aliphatic heterocycles. The van der Waals surface area contributed by atoms with Crippen molar-refractivity contribution >= 4 is 10.0 Å². The Morgan fingerprint density at radius 2 is 1.78 bits per heavy atom. The smallest absolute Gasteiger partial charge is 0.214 e. The third kappa shape index (κ3) is 5.67. The summed E-state index contributed by atoms with van der Waals surface area (Å²) < 4.78 is 27.2. The Bertz CT molecular complexity index is 322. The predicted octanol–water partition coefficient (Wildman–Crippen LogP) is 1.87. The van der Waals surface area contributed by atoms with Crippen LogP contribution in [-0.4, -0.2) is 32.8 Å². The summed E-state index contributed by atoms with van der Waals surface area (Å²) in [5.74, 6) is 0.693. The van der Waals surface area contributed by atoms with Gasteiger partial charge in [0.25, 0.3) is 0 Å². The van der Waals surface area contributed by atoms with E-state index in [-0.39, 0.29) is 11.3 Å². The fraction of sp³-hybridized carbons (Fsp3) is 1.00. The van der Waals surface area contributed by atoms with E-state index in [2.05, 4.69) is 23.9 Å². The maximum atomic E-state index is 12.2. The van der Waals surface area contributed by atoms with Crippen molar-refractivity contribution < 1.29 is 8.42 Å². The minimum atomic E-state index is -3.12. The predicted molar refractivity (Wildman–Crippen MR) is 76.1 cm³/mol. The van der Waals surface area contributed by atoms with Gasteiger partial charge in [-0.3, -0.25) is 0 Å². The van der Waals surface area contributed by atoms with E-state index in [1.807, 2.05) is 6.92 Å². The highest BCUT2D eigenvalue weighted by Gasteiger charge is 2.27. The number of sulfonamides is 1. The molecule has 108 valence electrons. The first-order chi connectivity index (χ1) is 8.42. The quantitative estimate of drug-likeness (QED) is 0.746. The Kier molecular flexibility index (Phi) is 6.60. The van der Waals surface area contributed by atoms with Crippen molar-refractivity contribution in [2.24, 2.45) is 5.92 Å². The second-order valence-electron chi connectivity index (χ2n) is 5.84. The van der Waals surface area contributed by atoms with Crippen LogP contribution in [0.4, 0.5) is 0 Å².